The number of ether oxygens (including phenoxy) is 1. The van der Waals surface area contributed by atoms with Crippen LogP contribution in [0.15, 0.2) is 47.6 Å². The minimum absolute atomic E-state index is 0.0804. The zero-order chi connectivity index (χ0) is 21.6. The van der Waals surface area contributed by atoms with Crippen molar-refractivity contribution in [3.8, 4) is 0 Å². The highest BCUT2D eigenvalue weighted by Gasteiger charge is 2.30. The zero-order valence-corrected chi connectivity index (χ0v) is 19.3. The number of rotatable bonds is 9. The monoisotopic (exact) mass is 402 g/mol. The van der Waals surface area contributed by atoms with Gasteiger partial charge in [-0.05, 0) is 64.9 Å². The Labute approximate surface area is 178 Å². The van der Waals surface area contributed by atoms with E-state index in [2.05, 4.69) is 69.6 Å². The summed E-state index contributed by atoms with van der Waals surface area (Å²) in [7, 11) is 1.74. The van der Waals surface area contributed by atoms with Crippen LogP contribution < -0.4 is 5.32 Å². The maximum absolute atomic E-state index is 10.6. The Morgan fingerprint density at radius 2 is 2.14 bits per heavy atom. The van der Waals surface area contributed by atoms with Gasteiger partial charge in [-0.1, -0.05) is 42.4 Å². The average molecular weight is 403 g/mol. The first-order valence-electron chi connectivity index (χ1n) is 11.2. The molecule has 2 rings (SSSR count). The Bertz CT molecular complexity index is 637. The number of aliphatic hydroxyl groups excluding tert-OH is 1. The van der Waals surface area contributed by atoms with E-state index in [0.29, 0.717) is 24.0 Å². The topological polar surface area (TPSA) is 44.7 Å². The summed E-state index contributed by atoms with van der Waals surface area (Å²) in [5.74, 6) is 0.505. The summed E-state index contributed by atoms with van der Waals surface area (Å²) >= 11 is 0. The third kappa shape index (κ3) is 6.65. The van der Waals surface area contributed by atoms with E-state index in [1.807, 2.05) is 6.08 Å². The second-order valence-electron chi connectivity index (χ2n) is 9.01. The van der Waals surface area contributed by atoms with E-state index in [9.17, 15) is 5.11 Å². The molecule has 6 atom stereocenters. The molecule has 1 aliphatic carbocycles. The van der Waals surface area contributed by atoms with Gasteiger partial charge in [-0.2, -0.15) is 0 Å². The van der Waals surface area contributed by atoms with Crippen LogP contribution in [0.2, 0.25) is 0 Å². The number of methoxy groups -OCH3 is 1. The van der Waals surface area contributed by atoms with Crippen LogP contribution in [-0.4, -0.2) is 54.1 Å². The lowest BCUT2D eigenvalue weighted by Gasteiger charge is -2.43. The molecule has 4 nitrogen and oxygen atoms in total. The highest BCUT2D eigenvalue weighted by Crippen LogP contribution is 2.27. The van der Waals surface area contributed by atoms with E-state index >= 15 is 0 Å². The van der Waals surface area contributed by atoms with Gasteiger partial charge in [0.2, 0.25) is 0 Å². The van der Waals surface area contributed by atoms with Crippen molar-refractivity contribution in [1.82, 2.24) is 10.2 Å². The van der Waals surface area contributed by atoms with Gasteiger partial charge in [0.15, 0.2) is 0 Å². The van der Waals surface area contributed by atoms with Gasteiger partial charge in [-0.3, -0.25) is 10.2 Å². The van der Waals surface area contributed by atoms with E-state index in [1.165, 1.54) is 11.1 Å². The number of hydrogen-bond acceptors (Lipinski definition) is 4. The molecule has 1 fully saturated rings. The Balaban J connectivity index is 1.93. The van der Waals surface area contributed by atoms with Gasteiger partial charge in [-0.25, -0.2) is 0 Å². The van der Waals surface area contributed by atoms with Crippen LogP contribution in [0.1, 0.15) is 60.3 Å². The first kappa shape index (κ1) is 24.1. The Morgan fingerprint density at radius 3 is 2.72 bits per heavy atom. The lowest BCUT2D eigenvalue weighted by atomic mass is 9.92. The van der Waals surface area contributed by atoms with Crippen molar-refractivity contribution in [2.45, 2.75) is 90.8 Å². The van der Waals surface area contributed by atoms with Crippen molar-refractivity contribution >= 4 is 0 Å². The molecule has 1 heterocycles. The molecule has 0 amide bonds. The summed E-state index contributed by atoms with van der Waals surface area (Å²) in [6.45, 7) is 16.2. The maximum atomic E-state index is 10.6. The standard InChI is InChI=1S/C25H42N2O2/c1-8-24(29-7)15-18(3)20(5)21(6)27-13-12-23(16-19(27)4)26-25(28)22-11-9-10-17(2)14-22/h8-9,11,14,17,19,21,23-26,28H,1,10,12-13,15-16H2,2-7H3/b20-18+. The third-order valence-corrected chi connectivity index (χ3v) is 6.80. The quantitative estimate of drug-likeness (QED) is 0.437. The number of aliphatic hydroxyl groups is 1. The SMILES string of the molecule is C=CC(C/C(C)=C(\C)C(C)N1CCC(NC(O)C2=CC(C)CC=C2)CC1C)OC. The highest BCUT2D eigenvalue weighted by molar-refractivity contribution is 5.27. The van der Waals surface area contributed by atoms with Crippen LogP contribution in [0.25, 0.3) is 0 Å². The summed E-state index contributed by atoms with van der Waals surface area (Å²) in [4.78, 5) is 2.60. The second-order valence-corrected chi connectivity index (χ2v) is 9.01. The fraction of sp³-hybridized carbons (Fsp3) is 0.680. The van der Waals surface area contributed by atoms with Crippen LogP contribution in [0.5, 0.6) is 0 Å². The van der Waals surface area contributed by atoms with Gasteiger partial charge >= 0.3 is 0 Å². The molecule has 0 spiro atoms. The van der Waals surface area contributed by atoms with Gasteiger partial charge in [0.25, 0.3) is 0 Å². The molecule has 6 unspecified atom stereocenters. The predicted molar refractivity (Wildman–Crippen MR) is 123 cm³/mol. The maximum Gasteiger partial charge on any atom is 0.130 e. The molecule has 2 N–H and O–H groups in total. The molecule has 29 heavy (non-hydrogen) atoms. The van der Waals surface area contributed by atoms with Gasteiger partial charge in [0.1, 0.15) is 6.23 Å². The summed E-state index contributed by atoms with van der Waals surface area (Å²) in [6, 6.07) is 1.22. The van der Waals surface area contributed by atoms with E-state index in [-0.39, 0.29) is 6.10 Å². The van der Waals surface area contributed by atoms with Crippen LogP contribution in [0, 0.1) is 5.92 Å². The molecule has 164 valence electrons. The number of hydrogen-bond donors (Lipinski definition) is 2. The van der Waals surface area contributed by atoms with Gasteiger partial charge in [0, 0.05) is 31.8 Å². The van der Waals surface area contributed by atoms with Crippen LogP contribution in [-0.2, 0) is 4.74 Å². The molecule has 4 heteroatoms. The minimum Gasteiger partial charge on any atom is -0.377 e. The minimum atomic E-state index is -0.566. The first-order chi connectivity index (χ1) is 13.8. The Morgan fingerprint density at radius 1 is 1.41 bits per heavy atom. The molecule has 1 saturated heterocycles. The number of likely N-dealkylation sites (tertiary alicyclic amines) is 1. The first-order valence-corrected chi connectivity index (χ1v) is 11.2. The van der Waals surface area contributed by atoms with Crippen molar-refractivity contribution in [2.75, 3.05) is 13.7 Å². The van der Waals surface area contributed by atoms with Gasteiger partial charge < -0.3 is 9.84 Å². The molecule has 0 aromatic carbocycles. The normalized spacial score (nSPS) is 29.6. The van der Waals surface area contributed by atoms with Crippen molar-refractivity contribution in [3.63, 3.8) is 0 Å². The fourth-order valence-electron chi connectivity index (χ4n) is 4.62. The second kappa shape index (κ2) is 11.3. The molecule has 0 aromatic rings. The largest absolute Gasteiger partial charge is 0.377 e. The lowest BCUT2D eigenvalue weighted by molar-refractivity contribution is 0.0819. The summed E-state index contributed by atoms with van der Waals surface area (Å²) in [5, 5.41) is 14.1. The Hall–Kier alpha value is -1.20. The molecular formula is C25H42N2O2. The highest BCUT2D eigenvalue weighted by atomic mass is 16.5. The lowest BCUT2D eigenvalue weighted by Crippen LogP contribution is -2.53. The molecule has 2 aliphatic rings. The number of nitrogens with zero attached hydrogens (tertiary/aromatic N) is 1. The van der Waals surface area contributed by atoms with E-state index < -0.39 is 6.23 Å². The van der Waals surface area contributed by atoms with Gasteiger partial charge in [0.05, 0.1) is 6.10 Å². The van der Waals surface area contributed by atoms with Crippen molar-refractivity contribution < 1.29 is 9.84 Å². The molecule has 0 bridgehead atoms. The molecular weight excluding hydrogens is 360 g/mol. The average Bonchev–Trinajstić information content (AvgIpc) is 2.70. The van der Waals surface area contributed by atoms with Gasteiger partial charge in [-0.15, -0.1) is 6.58 Å². The number of allylic oxidation sites excluding steroid dienone is 2. The molecule has 1 aliphatic heterocycles. The van der Waals surface area contributed by atoms with Crippen LogP contribution in [0.3, 0.4) is 0 Å². The number of piperidine rings is 1. The Kier molecular flexibility index (Phi) is 9.35. The van der Waals surface area contributed by atoms with Crippen molar-refractivity contribution in [2.24, 2.45) is 5.92 Å². The van der Waals surface area contributed by atoms with Crippen LogP contribution in [0.4, 0.5) is 0 Å². The van der Waals surface area contributed by atoms with Crippen molar-refractivity contribution in [1.29, 1.82) is 0 Å². The zero-order valence-electron chi connectivity index (χ0n) is 19.3. The summed E-state index contributed by atoms with van der Waals surface area (Å²) in [6.07, 6.45) is 11.9. The van der Waals surface area contributed by atoms with E-state index in [1.54, 1.807) is 7.11 Å². The predicted octanol–water partition coefficient (Wildman–Crippen LogP) is 4.59. The molecule has 0 aromatic heterocycles. The summed E-state index contributed by atoms with van der Waals surface area (Å²) in [5.41, 5.74) is 3.83. The smallest absolute Gasteiger partial charge is 0.130 e. The van der Waals surface area contributed by atoms with E-state index in [4.69, 9.17) is 4.74 Å². The van der Waals surface area contributed by atoms with E-state index in [0.717, 1.165) is 37.8 Å². The third-order valence-electron chi connectivity index (χ3n) is 6.80. The van der Waals surface area contributed by atoms with Crippen molar-refractivity contribution in [3.05, 3.63) is 47.6 Å². The van der Waals surface area contributed by atoms with Crippen LogP contribution >= 0.6 is 0 Å². The summed E-state index contributed by atoms with van der Waals surface area (Å²) < 4.78 is 5.47. The fourth-order valence-corrected chi connectivity index (χ4v) is 4.62. The molecule has 0 saturated carbocycles. The molecule has 0 radical (unpaired) electrons. The number of nitrogens with one attached hydrogen (secondary N) is 1.